The Morgan fingerprint density at radius 1 is 0.981 bits per heavy atom. The van der Waals surface area contributed by atoms with Gasteiger partial charge in [0.05, 0.1) is 32.0 Å². The fourth-order valence-electron chi connectivity index (χ4n) is 7.83. The second-order valence-electron chi connectivity index (χ2n) is 14.3. The number of fused-ring (bicyclic) bond motifs is 8. The van der Waals surface area contributed by atoms with Crippen LogP contribution in [0.4, 0.5) is 18.0 Å². The summed E-state index contributed by atoms with van der Waals surface area (Å²) in [6.07, 6.45) is -0.280. The Labute approximate surface area is 303 Å². The van der Waals surface area contributed by atoms with E-state index in [2.05, 4.69) is 10.8 Å². The predicted molar refractivity (Wildman–Crippen MR) is 190 cm³/mol. The van der Waals surface area contributed by atoms with E-state index in [4.69, 9.17) is 9.47 Å². The molecule has 0 heterocycles. The van der Waals surface area contributed by atoms with E-state index in [-0.39, 0.29) is 37.1 Å². The van der Waals surface area contributed by atoms with Crippen molar-refractivity contribution in [3.8, 4) is 11.5 Å². The number of rotatable bonds is 9. The highest BCUT2D eigenvalue weighted by molar-refractivity contribution is 6.10. The maximum absolute atomic E-state index is 14.3. The molecule has 3 aromatic rings. The molecule has 1 saturated carbocycles. The molecule has 0 spiro atoms. The minimum absolute atomic E-state index is 0.0224. The van der Waals surface area contributed by atoms with Crippen LogP contribution in [-0.2, 0) is 17.7 Å². The molecule has 6 rings (SSSR count). The number of hydrogen-bond donors (Lipinski definition) is 2. The van der Waals surface area contributed by atoms with Crippen molar-refractivity contribution < 1.29 is 47.2 Å². The first-order valence-electron chi connectivity index (χ1n) is 17.8. The number of benzene rings is 3. The summed E-state index contributed by atoms with van der Waals surface area (Å²) in [5.41, 5.74) is 2.00. The quantitative estimate of drug-likeness (QED) is 0.169. The van der Waals surface area contributed by atoms with Gasteiger partial charge in [0.1, 0.15) is 11.5 Å². The van der Waals surface area contributed by atoms with Crippen LogP contribution in [0.1, 0.15) is 97.8 Å². The van der Waals surface area contributed by atoms with Gasteiger partial charge in [0, 0.05) is 23.1 Å². The molecule has 0 aromatic heterocycles. The average molecular weight is 724 g/mol. The first-order chi connectivity index (χ1) is 24.6. The zero-order valence-electron chi connectivity index (χ0n) is 30.2. The van der Waals surface area contributed by atoms with E-state index in [1.165, 1.54) is 29.2 Å². The highest BCUT2D eigenvalue weighted by atomic mass is 19.4. The molecule has 8 nitrogen and oxygen atoms in total. The van der Waals surface area contributed by atoms with Crippen molar-refractivity contribution in [3.05, 3.63) is 106 Å². The number of hydrogen-bond acceptors (Lipinski definition) is 7. The molecule has 4 unspecified atom stereocenters. The molecule has 2 N–H and O–H groups in total. The third kappa shape index (κ3) is 8.98. The number of allylic oxidation sites excluding steroid dienone is 2. The van der Waals surface area contributed by atoms with Gasteiger partial charge in [-0.05, 0) is 124 Å². The van der Waals surface area contributed by atoms with E-state index < -0.39 is 29.6 Å². The highest BCUT2D eigenvalue weighted by Gasteiger charge is 2.57. The van der Waals surface area contributed by atoms with Gasteiger partial charge in [-0.15, -0.1) is 13.2 Å². The number of nitrogens with zero attached hydrogens (tertiary/aromatic N) is 1. The van der Waals surface area contributed by atoms with E-state index in [9.17, 15) is 33.0 Å². The minimum atomic E-state index is -4.84. The maximum Gasteiger partial charge on any atom is 0.573 e. The van der Waals surface area contributed by atoms with E-state index in [1.807, 2.05) is 32.0 Å². The smallest absolute Gasteiger partial charge is 0.497 e. The maximum atomic E-state index is 14.3. The second-order valence-corrected chi connectivity index (χ2v) is 14.3. The summed E-state index contributed by atoms with van der Waals surface area (Å²) < 4.78 is 53.0. The summed E-state index contributed by atoms with van der Waals surface area (Å²) in [7, 11) is 1.56. The predicted octanol–water partition coefficient (Wildman–Crippen LogP) is 8.52. The number of methoxy groups -OCH3 is 1. The molecule has 280 valence electrons. The fourth-order valence-corrected chi connectivity index (χ4v) is 7.83. The van der Waals surface area contributed by atoms with Crippen LogP contribution in [0.25, 0.3) is 0 Å². The van der Waals surface area contributed by atoms with Gasteiger partial charge < -0.3 is 29.3 Å². The topological polar surface area (TPSA) is 106 Å². The summed E-state index contributed by atoms with van der Waals surface area (Å²) in [6.45, 7) is 5.70. The number of aliphatic hydroxyl groups is 2. The fraction of sp³-hybridized carbons (Fsp3) is 0.463. The Morgan fingerprint density at radius 3 is 2.33 bits per heavy atom. The summed E-state index contributed by atoms with van der Waals surface area (Å²) in [6, 6.07) is 18.0. The van der Waals surface area contributed by atoms with E-state index in [0.29, 0.717) is 67.4 Å². The van der Waals surface area contributed by atoms with E-state index in [1.54, 1.807) is 38.3 Å². The third-order valence-electron chi connectivity index (χ3n) is 10.8. The van der Waals surface area contributed by atoms with E-state index >= 15 is 0 Å². The standard InChI is InChI=1S/C41H48F3NO7/c1-5-51-38(48)45(25-28-9-15-33(16-10-28)52-41(42,43)44)26-40(49)22-20-36-34-19-11-29(23-31(46)14-8-27(2)7-6-21-39(36,40)3)24-35(34)37(47)30-12-17-32(50-4)18-13-30/h7,9-13,15-19,24,31,36,46,49H,5-6,8,14,20-23,25-26H2,1-4H3. The highest BCUT2D eigenvalue weighted by Crippen LogP contribution is 2.59. The average Bonchev–Trinajstić information content (AvgIpc) is 3.35. The Bertz CT molecular complexity index is 1740. The molecule has 3 aromatic carbocycles. The molecule has 52 heavy (non-hydrogen) atoms. The molecule has 11 heteroatoms. The van der Waals surface area contributed by atoms with Gasteiger partial charge >= 0.3 is 12.5 Å². The van der Waals surface area contributed by atoms with Crippen molar-refractivity contribution in [2.75, 3.05) is 20.3 Å². The van der Waals surface area contributed by atoms with Gasteiger partial charge in [-0.1, -0.05) is 42.8 Å². The lowest BCUT2D eigenvalue weighted by Crippen LogP contribution is -2.53. The van der Waals surface area contributed by atoms with E-state index in [0.717, 1.165) is 16.7 Å². The Hall–Kier alpha value is -4.35. The number of halogens is 3. The summed E-state index contributed by atoms with van der Waals surface area (Å²) in [5, 5.41) is 23.7. The molecule has 0 radical (unpaired) electrons. The third-order valence-corrected chi connectivity index (χ3v) is 10.8. The molecule has 3 aliphatic carbocycles. The monoisotopic (exact) mass is 723 g/mol. The SMILES string of the molecule is CCOC(=O)N(Cc1ccc(OC(F)(F)F)cc1)CC1(O)CCC2c3ccc(cc3C(=O)c3ccc(OC)cc3)CC(O)CCC(C)=CCCC21C. The van der Waals surface area contributed by atoms with Crippen molar-refractivity contribution in [3.63, 3.8) is 0 Å². The number of aliphatic hydroxyl groups excluding tert-OH is 1. The summed E-state index contributed by atoms with van der Waals surface area (Å²) in [5.74, 6) is -0.224. The zero-order chi connectivity index (χ0) is 37.7. The van der Waals surface area contributed by atoms with Crippen molar-refractivity contribution in [1.82, 2.24) is 4.90 Å². The van der Waals surface area contributed by atoms with Gasteiger partial charge in [0.2, 0.25) is 0 Å². The van der Waals surface area contributed by atoms with Crippen molar-refractivity contribution in [2.24, 2.45) is 5.41 Å². The lowest BCUT2D eigenvalue weighted by atomic mass is 9.64. The number of carbonyl (C=O) groups is 2. The van der Waals surface area contributed by atoms with Gasteiger partial charge in [0.15, 0.2) is 5.78 Å². The van der Waals surface area contributed by atoms with Gasteiger partial charge in [-0.3, -0.25) is 4.79 Å². The van der Waals surface area contributed by atoms with Crippen LogP contribution in [0.2, 0.25) is 0 Å². The lowest BCUT2D eigenvalue weighted by molar-refractivity contribution is -0.274. The van der Waals surface area contributed by atoms with Crippen molar-refractivity contribution >= 4 is 11.9 Å². The summed E-state index contributed by atoms with van der Waals surface area (Å²) in [4.78, 5) is 29.1. The number of amides is 1. The van der Waals surface area contributed by atoms with Gasteiger partial charge in [-0.25, -0.2) is 4.79 Å². The molecule has 0 saturated heterocycles. The number of alkyl halides is 3. The molecule has 3 aliphatic rings. The van der Waals surface area contributed by atoms with Gasteiger partial charge in [0.25, 0.3) is 0 Å². The number of ketones is 1. The molecule has 1 fully saturated rings. The largest absolute Gasteiger partial charge is 0.573 e. The molecule has 2 bridgehead atoms. The number of ether oxygens (including phenoxy) is 3. The number of carbonyl (C=O) groups excluding carboxylic acids is 2. The Kier molecular flexibility index (Phi) is 12.1. The molecule has 1 amide bonds. The van der Waals surface area contributed by atoms with Crippen molar-refractivity contribution in [1.29, 1.82) is 0 Å². The van der Waals surface area contributed by atoms with Crippen LogP contribution in [-0.4, -0.2) is 65.3 Å². The van der Waals surface area contributed by atoms with Crippen LogP contribution >= 0.6 is 0 Å². The second kappa shape index (κ2) is 16.1. The minimum Gasteiger partial charge on any atom is -0.497 e. The first-order valence-corrected chi connectivity index (χ1v) is 17.8. The Balaban J connectivity index is 1.55. The molecular weight excluding hydrogens is 675 g/mol. The zero-order valence-corrected chi connectivity index (χ0v) is 30.2. The van der Waals surface area contributed by atoms with Crippen LogP contribution < -0.4 is 9.47 Å². The van der Waals surface area contributed by atoms with Crippen LogP contribution in [0.5, 0.6) is 11.5 Å². The van der Waals surface area contributed by atoms with Gasteiger partial charge in [-0.2, -0.15) is 0 Å². The van der Waals surface area contributed by atoms with Crippen LogP contribution in [0.15, 0.2) is 78.4 Å². The first kappa shape index (κ1) is 38.9. The molecular formula is C41H48F3NO7. The summed E-state index contributed by atoms with van der Waals surface area (Å²) >= 11 is 0. The van der Waals surface area contributed by atoms with Crippen LogP contribution in [0.3, 0.4) is 0 Å². The normalized spacial score (nSPS) is 23.6. The Morgan fingerprint density at radius 2 is 1.67 bits per heavy atom. The molecule has 0 aliphatic heterocycles. The van der Waals surface area contributed by atoms with Crippen molar-refractivity contribution in [2.45, 2.75) is 96.2 Å². The lowest BCUT2D eigenvalue weighted by Gasteiger charge is -2.46. The van der Waals surface area contributed by atoms with Crippen LogP contribution in [0, 0.1) is 5.41 Å². The molecule has 4 atom stereocenters.